The van der Waals surface area contributed by atoms with E-state index in [2.05, 4.69) is 20.3 Å². The topological polar surface area (TPSA) is 81.0 Å². The number of ether oxygens (including phenoxy) is 2. The van der Waals surface area contributed by atoms with E-state index in [4.69, 9.17) is 9.47 Å². The first-order valence-corrected chi connectivity index (χ1v) is 10.5. The first kappa shape index (κ1) is 20.6. The number of hydrogen-bond donors (Lipinski definition) is 1. The number of hydrogen-bond acceptors (Lipinski definition) is 6. The molecule has 2 aliphatic heterocycles. The lowest BCUT2D eigenvalue weighted by atomic mass is 9.95. The van der Waals surface area contributed by atoms with Gasteiger partial charge in [-0.25, -0.2) is 18.3 Å². The Hall–Kier alpha value is -3.27. The molecule has 1 amide bonds. The van der Waals surface area contributed by atoms with E-state index in [0.29, 0.717) is 55.4 Å². The van der Waals surface area contributed by atoms with Crippen LogP contribution < -0.4 is 15.0 Å². The zero-order chi connectivity index (χ0) is 22.3. The van der Waals surface area contributed by atoms with Gasteiger partial charge in [0.05, 0.1) is 30.8 Å². The number of rotatable bonds is 5. The fourth-order valence-corrected chi connectivity index (χ4v) is 4.33. The number of carbonyl (C=O) groups excluding carboxylic acids is 1. The molecule has 168 valence electrons. The van der Waals surface area contributed by atoms with Crippen LogP contribution in [0, 0.1) is 0 Å². The summed E-state index contributed by atoms with van der Waals surface area (Å²) < 4.78 is 39.1. The molecule has 0 radical (unpaired) electrons. The van der Waals surface area contributed by atoms with E-state index in [1.807, 2.05) is 12.1 Å². The Morgan fingerprint density at radius 2 is 2.12 bits per heavy atom. The third-order valence-corrected chi connectivity index (χ3v) is 5.81. The van der Waals surface area contributed by atoms with Gasteiger partial charge in [0.15, 0.2) is 5.65 Å². The quantitative estimate of drug-likeness (QED) is 0.653. The lowest BCUT2D eigenvalue weighted by Crippen LogP contribution is -2.36. The summed E-state index contributed by atoms with van der Waals surface area (Å²) in [7, 11) is 0. The maximum atomic E-state index is 13.1. The zero-order valence-electron chi connectivity index (χ0n) is 17.6. The van der Waals surface area contributed by atoms with Crippen molar-refractivity contribution in [2.24, 2.45) is 0 Å². The molecule has 0 bridgehead atoms. The van der Waals surface area contributed by atoms with Crippen LogP contribution >= 0.6 is 0 Å². The molecule has 1 fully saturated rings. The second-order valence-corrected chi connectivity index (χ2v) is 8.30. The summed E-state index contributed by atoms with van der Waals surface area (Å²) in [6, 6.07) is 5.39. The number of morpholine rings is 1. The Morgan fingerprint density at radius 1 is 1.31 bits per heavy atom. The molecular weight excluding hydrogens is 420 g/mol. The Balaban J connectivity index is 1.49. The number of alkyl halides is 2. The Kier molecular flexibility index (Phi) is 5.16. The van der Waals surface area contributed by atoms with Gasteiger partial charge in [0.2, 0.25) is 6.43 Å². The molecule has 5 rings (SSSR count). The molecule has 3 aromatic rings. The molecule has 32 heavy (non-hydrogen) atoms. The van der Waals surface area contributed by atoms with Gasteiger partial charge >= 0.3 is 0 Å². The number of nitrogens with zero attached hydrogens (tertiary/aromatic N) is 4. The molecule has 0 aliphatic carbocycles. The first-order valence-electron chi connectivity index (χ1n) is 10.5. The zero-order valence-corrected chi connectivity index (χ0v) is 17.6. The second kappa shape index (κ2) is 8.01. The summed E-state index contributed by atoms with van der Waals surface area (Å²) in [6.45, 7) is 4.11. The van der Waals surface area contributed by atoms with Gasteiger partial charge in [-0.15, -0.1) is 0 Å². The first-order chi connectivity index (χ1) is 15.4. The van der Waals surface area contributed by atoms with Crippen molar-refractivity contribution in [2.75, 3.05) is 36.5 Å². The molecule has 10 heteroatoms. The summed E-state index contributed by atoms with van der Waals surface area (Å²) in [5, 5.41) is 7.16. The van der Waals surface area contributed by atoms with Gasteiger partial charge in [0.25, 0.3) is 5.91 Å². The maximum absolute atomic E-state index is 13.1. The predicted octanol–water partition coefficient (Wildman–Crippen LogP) is 3.17. The number of nitrogens with one attached hydrogen (secondary N) is 1. The summed E-state index contributed by atoms with van der Waals surface area (Å²) in [5.74, 6) is 0.229. The van der Waals surface area contributed by atoms with Gasteiger partial charge in [0.1, 0.15) is 16.9 Å². The number of fused-ring (bicyclic) bond motifs is 2. The number of aromatic nitrogens is 3. The third-order valence-electron chi connectivity index (χ3n) is 5.81. The van der Waals surface area contributed by atoms with Crippen molar-refractivity contribution in [1.29, 1.82) is 0 Å². The third kappa shape index (κ3) is 3.86. The van der Waals surface area contributed by atoms with Crippen molar-refractivity contribution >= 4 is 22.9 Å². The fourth-order valence-electron chi connectivity index (χ4n) is 4.33. The van der Waals surface area contributed by atoms with E-state index in [9.17, 15) is 13.6 Å². The summed E-state index contributed by atoms with van der Waals surface area (Å²) >= 11 is 0. The minimum atomic E-state index is -2.46. The molecule has 1 N–H and O–H groups in total. The van der Waals surface area contributed by atoms with E-state index in [0.717, 1.165) is 11.3 Å². The number of anilines is 2. The Bertz CT molecular complexity index is 1160. The average molecular weight is 443 g/mol. The number of amides is 1. The molecule has 0 unspecified atom stereocenters. The second-order valence-electron chi connectivity index (χ2n) is 8.30. The van der Waals surface area contributed by atoms with Gasteiger partial charge < -0.3 is 19.7 Å². The van der Waals surface area contributed by atoms with Crippen LogP contribution in [0.3, 0.4) is 0 Å². The van der Waals surface area contributed by atoms with E-state index in [1.165, 1.54) is 10.7 Å². The molecule has 1 saturated heterocycles. The predicted molar refractivity (Wildman–Crippen MR) is 114 cm³/mol. The lowest BCUT2D eigenvalue weighted by Gasteiger charge is -2.31. The van der Waals surface area contributed by atoms with Crippen molar-refractivity contribution in [3.63, 3.8) is 0 Å². The molecule has 2 aliphatic rings. The average Bonchev–Trinajstić information content (AvgIpc) is 3.33. The van der Waals surface area contributed by atoms with Crippen molar-refractivity contribution < 1.29 is 23.0 Å². The van der Waals surface area contributed by atoms with E-state index >= 15 is 0 Å². The maximum Gasteiger partial charge on any atom is 0.261 e. The number of benzene rings is 1. The van der Waals surface area contributed by atoms with Crippen molar-refractivity contribution in [3.8, 4) is 5.75 Å². The van der Waals surface area contributed by atoms with Crippen LogP contribution in [0.15, 0.2) is 36.8 Å². The van der Waals surface area contributed by atoms with Gasteiger partial charge in [-0.05, 0) is 19.1 Å². The highest BCUT2D eigenvalue weighted by atomic mass is 19.3. The smallest absolute Gasteiger partial charge is 0.261 e. The highest BCUT2D eigenvalue weighted by Gasteiger charge is 2.38. The van der Waals surface area contributed by atoms with Crippen LogP contribution in [0.2, 0.25) is 0 Å². The van der Waals surface area contributed by atoms with Crippen molar-refractivity contribution in [3.05, 3.63) is 47.9 Å². The summed E-state index contributed by atoms with van der Waals surface area (Å²) in [6.07, 6.45) is 2.32. The minimum Gasteiger partial charge on any atom is -0.487 e. The van der Waals surface area contributed by atoms with Gasteiger partial charge in [-0.2, -0.15) is 5.10 Å². The SMILES string of the molecule is C[C@@]1(CC(F)F)Cc2cc(NC(=O)c3cnn4cccnc34)c(N3CCOCC3)cc2O1. The molecule has 2 aromatic heterocycles. The molecule has 0 saturated carbocycles. The number of halogens is 2. The number of carbonyl (C=O) groups is 1. The molecule has 4 heterocycles. The van der Waals surface area contributed by atoms with E-state index in [-0.39, 0.29) is 12.3 Å². The molecule has 8 nitrogen and oxygen atoms in total. The fraction of sp³-hybridized carbons (Fsp3) is 0.409. The highest BCUT2D eigenvalue weighted by molar-refractivity contribution is 6.09. The molecule has 1 atom stereocenters. The van der Waals surface area contributed by atoms with E-state index in [1.54, 1.807) is 25.4 Å². The van der Waals surface area contributed by atoms with Crippen LogP contribution in [-0.4, -0.2) is 58.8 Å². The minimum absolute atomic E-state index is 0.344. The van der Waals surface area contributed by atoms with Crippen LogP contribution in [0.5, 0.6) is 5.75 Å². The Labute approximate surface area is 183 Å². The largest absolute Gasteiger partial charge is 0.487 e. The van der Waals surface area contributed by atoms with Crippen molar-refractivity contribution in [2.45, 2.75) is 31.8 Å². The van der Waals surface area contributed by atoms with Gasteiger partial charge in [-0.3, -0.25) is 4.79 Å². The normalized spacial score (nSPS) is 20.4. The lowest BCUT2D eigenvalue weighted by molar-refractivity contribution is 0.0251. The molecule has 1 aromatic carbocycles. The molecule has 0 spiro atoms. The van der Waals surface area contributed by atoms with Crippen LogP contribution in [-0.2, 0) is 11.2 Å². The van der Waals surface area contributed by atoms with Crippen LogP contribution in [0.4, 0.5) is 20.2 Å². The highest BCUT2D eigenvalue weighted by Crippen LogP contribution is 2.43. The summed E-state index contributed by atoms with van der Waals surface area (Å²) in [4.78, 5) is 19.5. The molecular formula is C22H23F2N5O3. The van der Waals surface area contributed by atoms with Gasteiger partial charge in [0, 0.05) is 50.0 Å². The van der Waals surface area contributed by atoms with Gasteiger partial charge in [-0.1, -0.05) is 0 Å². The Morgan fingerprint density at radius 3 is 2.91 bits per heavy atom. The van der Waals surface area contributed by atoms with Crippen molar-refractivity contribution in [1.82, 2.24) is 14.6 Å². The summed E-state index contributed by atoms with van der Waals surface area (Å²) in [5.41, 5.74) is 1.97. The van der Waals surface area contributed by atoms with Crippen LogP contribution in [0.1, 0.15) is 29.3 Å². The monoisotopic (exact) mass is 443 g/mol. The standard InChI is InChI=1S/C22H23F2N5O3/c1-22(12-19(23)24)11-14-9-16(17(10-18(14)32-22)28-5-7-31-8-6-28)27-21(30)15-13-26-29-4-2-3-25-20(15)29/h2-4,9-10,13,19H,5-8,11-12H2,1H3,(H,27,30)/t22-/m0/s1. The van der Waals surface area contributed by atoms with E-state index < -0.39 is 12.0 Å². The van der Waals surface area contributed by atoms with Crippen LogP contribution in [0.25, 0.3) is 5.65 Å².